The molecule has 1 atom stereocenters. The second kappa shape index (κ2) is 9.38. The van der Waals surface area contributed by atoms with Crippen LogP contribution in [0.2, 0.25) is 0 Å². The van der Waals surface area contributed by atoms with Gasteiger partial charge in [0.1, 0.15) is 17.9 Å². The fraction of sp³-hybridized carbons (Fsp3) is 0.250. The molecule has 0 spiro atoms. The second-order valence-electron chi connectivity index (χ2n) is 5.50. The number of carbonyl (C=O) groups is 3. The van der Waals surface area contributed by atoms with Gasteiger partial charge in [0.05, 0.1) is 21.3 Å². The minimum absolute atomic E-state index is 0.357. The number of ketones is 1. The standard InChI is InChI=1S/C20H20O7/c1-24-15-9-14(10-16(11-15)25-2)20(27-18(22)12-17(21)26-3)19(23)13-7-5-4-6-8-13/h4-11,20H,12H2,1-3H3. The lowest BCUT2D eigenvalue weighted by Crippen LogP contribution is -2.22. The van der Waals surface area contributed by atoms with E-state index in [0.717, 1.165) is 7.11 Å². The molecule has 0 aliphatic carbocycles. The lowest BCUT2D eigenvalue weighted by Gasteiger charge is -2.19. The second-order valence-corrected chi connectivity index (χ2v) is 5.50. The Balaban J connectivity index is 2.41. The SMILES string of the molecule is COC(=O)CC(=O)OC(C(=O)c1ccccc1)c1cc(OC)cc(OC)c1. The molecule has 0 saturated heterocycles. The third-order valence-electron chi connectivity index (χ3n) is 3.74. The summed E-state index contributed by atoms with van der Waals surface area (Å²) in [6.07, 6.45) is -1.87. The van der Waals surface area contributed by atoms with E-state index in [4.69, 9.17) is 14.2 Å². The maximum Gasteiger partial charge on any atom is 0.318 e. The van der Waals surface area contributed by atoms with Crippen LogP contribution in [-0.2, 0) is 19.1 Å². The van der Waals surface area contributed by atoms with Crippen LogP contribution in [0.25, 0.3) is 0 Å². The normalized spacial score (nSPS) is 11.2. The molecular weight excluding hydrogens is 352 g/mol. The number of carbonyl (C=O) groups excluding carboxylic acids is 3. The fourth-order valence-corrected chi connectivity index (χ4v) is 2.37. The number of methoxy groups -OCH3 is 3. The van der Waals surface area contributed by atoms with Gasteiger partial charge in [-0.2, -0.15) is 0 Å². The Hall–Kier alpha value is -3.35. The summed E-state index contributed by atoms with van der Waals surface area (Å²) < 4.78 is 20.2. The van der Waals surface area contributed by atoms with E-state index in [9.17, 15) is 14.4 Å². The summed E-state index contributed by atoms with van der Waals surface area (Å²) in [7, 11) is 4.10. The van der Waals surface area contributed by atoms with Crippen molar-refractivity contribution < 1.29 is 33.3 Å². The van der Waals surface area contributed by atoms with Crippen LogP contribution in [-0.4, -0.2) is 39.1 Å². The summed E-state index contributed by atoms with van der Waals surface area (Å²) in [6, 6.07) is 13.2. The van der Waals surface area contributed by atoms with Crippen molar-refractivity contribution >= 4 is 17.7 Å². The molecule has 0 bridgehead atoms. The van der Waals surface area contributed by atoms with Crippen molar-refractivity contribution in [3.05, 3.63) is 59.7 Å². The number of esters is 2. The van der Waals surface area contributed by atoms with E-state index in [1.807, 2.05) is 0 Å². The van der Waals surface area contributed by atoms with Gasteiger partial charge in [0, 0.05) is 17.2 Å². The molecule has 0 aliphatic heterocycles. The highest BCUT2D eigenvalue weighted by Gasteiger charge is 2.28. The number of benzene rings is 2. The predicted molar refractivity (Wildman–Crippen MR) is 95.8 cm³/mol. The van der Waals surface area contributed by atoms with Crippen LogP contribution in [0.4, 0.5) is 0 Å². The molecule has 0 aliphatic rings. The van der Waals surface area contributed by atoms with Gasteiger partial charge < -0.3 is 18.9 Å². The molecule has 0 heterocycles. The predicted octanol–water partition coefficient (Wildman–Crippen LogP) is 2.73. The zero-order chi connectivity index (χ0) is 19.8. The van der Waals surface area contributed by atoms with Crippen LogP contribution in [0, 0.1) is 0 Å². The third kappa shape index (κ3) is 5.31. The molecule has 7 nitrogen and oxygen atoms in total. The van der Waals surface area contributed by atoms with Crippen molar-refractivity contribution in [2.24, 2.45) is 0 Å². The molecular formula is C20H20O7. The lowest BCUT2D eigenvalue weighted by molar-refractivity contribution is -0.155. The van der Waals surface area contributed by atoms with Gasteiger partial charge in [0.15, 0.2) is 6.10 Å². The topological polar surface area (TPSA) is 88.1 Å². The molecule has 0 amide bonds. The van der Waals surface area contributed by atoms with Crippen LogP contribution in [0.1, 0.15) is 28.4 Å². The molecule has 142 valence electrons. The number of hydrogen-bond donors (Lipinski definition) is 0. The third-order valence-corrected chi connectivity index (χ3v) is 3.74. The van der Waals surface area contributed by atoms with E-state index in [2.05, 4.69) is 4.74 Å². The van der Waals surface area contributed by atoms with Gasteiger partial charge in [0.25, 0.3) is 0 Å². The number of Topliss-reactive ketones (excluding diaryl/α,β-unsaturated/α-hetero) is 1. The first kappa shape index (κ1) is 20.0. The maximum atomic E-state index is 13.0. The van der Waals surface area contributed by atoms with Gasteiger partial charge in [-0.05, 0) is 12.1 Å². The van der Waals surface area contributed by atoms with Crippen LogP contribution < -0.4 is 9.47 Å². The quantitative estimate of drug-likeness (QED) is 0.400. The van der Waals surface area contributed by atoms with E-state index in [1.54, 1.807) is 48.5 Å². The van der Waals surface area contributed by atoms with Gasteiger partial charge in [-0.25, -0.2) is 0 Å². The lowest BCUT2D eigenvalue weighted by atomic mass is 9.99. The van der Waals surface area contributed by atoms with Crippen LogP contribution >= 0.6 is 0 Å². The van der Waals surface area contributed by atoms with Gasteiger partial charge in [0.2, 0.25) is 5.78 Å². The van der Waals surface area contributed by atoms with Crippen molar-refractivity contribution in [2.75, 3.05) is 21.3 Å². The Morgan fingerprint density at radius 1 is 0.852 bits per heavy atom. The first-order chi connectivity index (χ1) is 13.0. The van der Waals surface area contributed by atoms with Crippen molar-refractivity contribution in [3.8, 4) is 11.5 Å². The first-order valence-electron chi connectivity index (χ1n) is 8.07. The van der Waals surface area contributed by atoms with Gasteiger partial charge in [-0.15, -0.1) is 0 Å². The van der Waals surface area contributed by atoms with Crippen LogP contribution in [0.3, 0.4) is 0 Å². The summed E-state index contributed by atoms with van der Waals surface area (Å²) in [5.74, 6) is -1.21. The molecule has 0 radical (unpaired) electrons. The molecule has 2 rings (SSSR count). The first-order valence-corrected chi connectivity index (χ1v) is 8.07. The Labute approximate surface area is 156 Å². The van der Waals surface area contributed by atoms with Crippen molar-refractivity contribution in [1.82, 2.24) is 0 Å². The van der Waals surface area contributed by atoms with Gasteiger partial charge in [-0.1, -0.05) is 30.3 Å². The van der Waals surface area contributed by atoms with E-state index in [-0.39, 0.29) is 0 Å². The highest BCUT2D eigenvalue weighted by molar-refractivity contribution is 6.02. The highest BCUT2D eigenvalue weighted by Crippen LogP contribution is 2.30. The van der Waals surface area contributed by atoms with Crippen LogP contribution in [0.5, 0.6) is 11.5 Å². The minimum Gasteiger partial charge on any atom is -0.497 e. The zero-order valence-electron chi connectivity index (χ0n) is 15.3. The molecule has 0 aromatic heterocycles. The average Bonchev–Trinajstić information content (AvgIpc) is 2.71. The van der Waals surface area contributed by atoms with Gasteiger partial charge >= 0.3 is 11.9 Å². The van der Waals surface area contributed by atoms with E-state index in [0.29, 0.717) is 22.6 Å². The summed E-state index contributed by atoms with van der Waals surface area (Å²) in [5.41, 5.74) is 0.716. The smallest absolute Gasteiger partial charge is 0.318 e. The Morgan fingerprint density at radius 3 is 1.96 bits per heavy atom. The molecule has 0 fully saturated rings. The van der Waals surface area contributed by atoms with Crippen molar-refractivity contribution in [1.29, 1.82) is 0 Å². The van der Waals surface area contributed by atoms with Crippen LogP contribution in [0.15, 0.2) is 48.5 Å². The zero-order valence-corrected chi connectivity index (χ0v) is 15.3. The summed E-state index contributed by atoms with van der Waals surface area (Å²) in [5, 5.41) is 0. The molecule has 2 aromatic carbocycles. The number of rotatable bonds is 8. The van der Waals surface area contributed by atoms with Crippen molar-refractivity contribution in [2.45, 2.75) is 12.5 Å². The largest absolute Gasteiger partial charge is 0.497 e. The molecule has 7 heteroatoms. The molecule has 0 N–H and O–H groups in total. The number of hydrogen-bond acceptors (Lipinski definition) is 7. The van der Waals surface area contributed by atoms with E-state index >= 15 is 0 Å². The average molecular weight is 372 g/mol. The number of ether oxygens (including phenoxy) is 4. The maximum absolute atomic E-state index is 13.0. The Kier molecular flexibility index (Phi) is 6.93. The highest BCUT2D eigenvalue weighted by atomic mass is 16.6. The fourth-order valence-electron chi connectivity index (χ4n) is 2.37. The molecule has 0 saturated carbocycles. The Morgan fingerprint density at radius 2 is 1.44 bits per heavy atom. The van der Waals surface area contributed by atoms with E-state index < -0.39 is 30.2 Å². The van der Waals surface area contributed by atoms with E-state index in [1.165, 1.54) is 14.2 Å². The summed E-state index contributed by atoms with van der Waals surface area (Å²) in [6.45, 7) is 0. The Bertz CT molecular complexity index is 792. The molecule has 1 unspecified atom stereocenters. The minimum atomic E-state index is -1.27. The monoisotopic (exact) mass is 372 g/mol. The summed E-state index contributed by atoms with van der Waals surface area (Å²) >= 11 is 0. The molecule has 27 heavy (non-hydrogen) atoms. The molecule has 2 aromatic rings. The summed E-state index contributed by atoms with van der Waals surface area (Å²) in [4.78, 5) is 36.4. The van der Waals surface area contributed by atoms with Crippen molar-refractivity contribution in [3.63, 3.8) is 0 Å². The van der Waals surface area contributed by atoms with Gasteiger partial charge in [-0.3, -0.25) is 14.4 Å².